The smallest absolute Gasteiger partial charge is 0.126 e. The zero-order valence-corrected chi connectivity index (χ0v) is 13.9. The highest BCUT2D eigenvalue weighted by molar-refractivity contribution is 9.10. The minimum Gasteiger partial charge on any atom is -0.488 e. The summed E-state index contributed by atoms with van der Waals surface area (Å²) < 4.78 is 20.3. The van der Waals surface area contributed by atoms with Crippen molar-refractivity contribution in [2.24, 2.45) is 0 Å². The van der Waals surface area contributed by atoms with Crippen molar-refractivity contribution in [3.05, 3.63) is 62.3 Å². The number of rotatable bonds is 4. The Kier molecular flexibility index (Phi) is 5.18. The van der Waals surface area contributed by atoms with Crippen LogP contribution in [0.1, 0.15) is 24.2 Å². The monoisotopic (exact) mass is 402 g/mol. The van der Waals surface area contributed by atoms with Crippen molar-refractivity contribution in [3.63, 3.8) is 0 Å². The number of ether oxygens (including phenoxy) is 1. The number of halogens is 3. The van der Waals surface area contributed by atoms with Crippen molar-refractivity contribution >= 4 is 31.9 Å². The first-order valence-corrected chi connectivity index (χ1v) is 7.60. The highest BCUT2D eigenvalue weighted by atomic mass is 79.9. The Morgan fingerprint density at radius 2 is 1.95 bits per heavy atom. The van der Waals surface area contributed by atoms with Gasteiger partial charge in [-0.2, -0.15) is 0 Å². The fourth-order valence-electron chi connectivity index (χ4n) is 1.77. The maximum Gasteiger partial charge on any atom is 0.126 e. The molecule has 0 unspecified atom stereocenters. The van der Waals surface area contributed by atoms with Crippen LogP contribution in [0.3, 0.4) is 0 Å². The summed E-state index contributed by atoms with van der Waals surface area (Å²) in [6.45, 7) is 1.97. The fraction of sp³-hybridized carbons (Fsp3) is 0.200. The van der Waals surface area contributed by atoms with E-state index in [1.54, 1.807) is 19.1 Å². The molecule has 1 N–H and O–H groups in total. The Hall–Kier alpha value is -0.910. The molecule has 106 valence electrons. The first kappa shape index (κ1) is 15.5. The number of aliphatic hydroxyl groups is 1. The Morgan fingerprint density at radius 1 is 1.20 bits per heavy atom. The van der Waals surface area contributed by atoms with Crippen molar-refractivity contribution < 1.29 is 14.2 Å². The summed E-state index contributed by atoms with van der Waals surface area (Å²) in [7, 11) is 0. The predicted octanol–water partition coefficient (Wildman–Crippen LogP) is 4.98. The average molecular weight is 404 g/mol. The van der Waals surface area contributed by atoms with Gasteiger partial charge in [-0.3, -0.25) is 0 Å². The van der Waals surface area contributed by atoms with Gasteiger partial charge in [0.2, 0.25) is 0 Å². The van der Waals surface area contributed by atoms with Gasteiger partial charge in [0.15, 0.2) is 0 Å². The lowest BCUT2D eigenvalue weighted by molar-refractivity contribution is 0.190. The first-order valence-electron chi connectivity index (χ1n) is 6.01. The molecular weight excluding hydrogens is 391 g/mol. The van der Waals surface area contributed by atoms with Crippen molar-refractivity contribution in [2.45, 2.75) is 19.6 Å². The largest absolute Gasteiger partial charge is 0.488 e. The van der Waals surface area contributed by atoms with Crippen molar-refractivity contribution in [1.82, 2.24) is 0 Å². The van der Waals surface area contributed by atoms with Crippen LogP contribution in [0.5, 0.6) is 5.75 Å². The zero-order chi connectivity index (χ0) is 14.7. The summed E-state index contributed by atoms with van der Waals surface area (Å²) in [5.74, 6) is 0.304. The molecule has 0 saturated heterocycles. The van der Waals surface area contributed by atoms with E-state index in [9.17, 15) is 9.50 Å². The molecule has 0 aliphatic rings. The lowest BCUT2D eigenvalue weighted by Gasteiger charge is -2.14. The molecule has 2 aromatic rings. The van der Waals surface area contributed by atoms with E-state index in [1.165, 1.54) is 12.1 Å². The second-order valence-corrected chi connectivity index (χ2v) is 6.15. The van der Waals surface area contributed by atoms with E-state index >= 15 is 0 Å². The van der Waals surface area contributed by atoms with E-state index in [0.29, 0.717) is 15.8 Å². The summed E-state index contributed by atoms with van der Waals surface area (Å²) in [6, 6.07) is 9.92. The Bertz CT molecular complexity index is 615. The molecule has 0 aromatic heterocycles. The minimum atomic E-state index is -0.616. The SMILES string of the molecule is C[C@H](O)c1ccc(Br)cc1OCc1ccc(F)cc1Br. The van der Waals surface area contributed by atoms with Gasteiger partial charge in [-0.1, -0.05) is 44.0 Å². The van der Waals surface area contributed by atoms with Crippen LogP contribution in [0.15, 0.2) is 45.3 Å². The summed E-state index contributed by atoms with van der Waals surface area (Å²) >= 11 is 6.68. The van der Waals surface area contributed by atoms with Gasteiger partial charge in [-0.25, -0.2) is 4.39 Å². The Balaban J connectivity index is 2.20. The van der Waals surface area contributed by atoms with Crippen LogP contribution in [-0.4, -0.2) is 5.11 Å². The van der Waals surface area contributed by atoms with Crippen LogP contribution in [0, 0.1) is 5.82 Å². The van der Waals surface area contributed by atoms with Gasteiger partial charge in [0.05, 0.1) is 6.10 Å². The molecule has 0 radical (unpaired) electrons. The molecule has 0 aliphatic carbocycles. The third-order valence-corrected chi connectivity index (χ3v) is 4.06. The average Bonchev–Trinajstić information content (AvgIpc) is 2.37. The van der Waals surface area contributed by atoms with Crippen molar-refractivity contribution in [3.8, 4) is 5.75 Å². The Morgan fingerprint density at radius 3 is 2.60 bits per heavy atom. The predicted molar refractivity (Wildman–Crippen MR) is 83.2 cm³/mol. The topological polar surface area (TPSA) is 29.5 Å². The van der Waals surface area contributed by atoms with Crippen LogP contribution in [0.25, 0.3) is 0 Å². The van der Waals surface area contributed by atoms with E-state index in [2.05, 4.69) is 31.9 Å². The molecule has 2 rings (SSSR count). The number of benzene rings is 2. The quantitative estimate of drug-likeness (QED) is 0.779. The van der Waals surface area contributed by atoms with Crippen LogP contribution < -0.4 is 4.74 Å². The van der Waals surface area contributed by atoms with Crippen molar-refractivity contribution in [1.29, 1.82) is 0 Å². The number of aliphatic hydroxyl groups excluding tert-OH is 1. The second kappa shape index (κ2) is 6.70. The van der Waals surface area contributed by atoms with E-state index in [1.807, 2.05) is 12.1 Å². The van der Waals surface area contributed by atoms with E-state index < -0.39 is 6.10 Å². The lowest BCUT2D eigenvalue weighted by atomic mass is 10.1. The van der Waals surface area contributed by atoms with Gasteiger partial charge in [0.1, 0.15) is 18.2 Å². The maximum absolute atomic E-state index is 13.0. The van der Waals surface area contributed by atoms with Gasteiger partial charge < -0.3 is 9.84 Å². The molecule has 5 heteroatoms. The van der Waals surface area contributed by atoms with Gasteiger partial charge >= 0.3 is 0 Å². The third kappa shape index (κ3) is 3.81. The molecule has 0 saturated carbocycles. The van der Waals surface area contributed by atoms with Crippen LogP contribution in [0.4, 0.5) is 4.39 Å². The molecule has 0 fully saturated rings. The molecule has 0 bridgehead atoms. The highest BCUT2D eigenvalue weighted by Crippen LogP contribution is 2.30. The molecule has 20 heavy (non-hydrogen) atoms. The lowest BCUT2D eigenvalue weighted by Crippen LogP contribution is -2.01. The summed E-state index contributed by atoms with van der Waals surface area (Å²) in [4.78, 5) is 0. The summed E-state index contributed by atoms with van der Waals surface area (Å²) in [5, 5.41) is 9.73. The number of hydrogen-bond donors (Lipinski definition) is 1. The normalized spacial score (nSPS) is 12.2. The molecule has 0 amide bonds. The van der Waals surface area contributed by atoms with E-state index in [4.69, 9.17) is 4.74 Å². The van der Waals surface area contributed by atoms with Crippen LogP contribution in [-0.2, 0) is 6.61 Å². The third-order valence-electron chi connectivity index (χ3n) is 2.82. The summed E-state index contributed by atoms with van der Waals surface area (Å²) in [5.41, 5.74) is 1.55. The molecular formula is C15H13Br2FO2. The summed E-state index contributed by atoms with van der Waals surface area (Å²) in [6.07, 6.45) is -0.616. The maximum atomic E-state index is 13.0. The fourth-order valence-corrected chi connectivity index (χ4v) is 2.58. The zero-order valence-electron chi connectivity index (χ0n) is 10.7. The molecule has 0 spiro atoms. The second-order valence-electron chi connectivity index (χ2n) is 4.38. The molecule has 1 atom stereocenters. The standard InChI is InChI=1S/C15H13Br2FO2/c1-9(19)13-5-3-11(16)6-15(13)20-8-10-2-4-12(18)7-14(10)17/h2-7,9,19H,8H2,1H3/t9-/m0/s1. The van der Waals surface area contributed by atoms with Gasteiger partial charge in [0.25, 0.3) is 0 Å². The van der Waals surface area contributed by atoms with Crippen molar-refractivity contribution in [2.75, 3.05) is 0 Å². The van der Waals surface area contributed by atoms with Gasteiger partial charge in [0, 0.05) is 20.1 Å². The molecule has 0 aliphatic heterocycles. The number of hydrogen-bond acceptors (Lipinski definition) is 2. The molecule has 0 heterocycles. The van der Waals surface area contributed by atoms with E-state index in [-0.39, 0.29) is 12.4 Å². The van der Waals surface area contributed by atoms with Gasteiger partial charge in [-0.05, 0) is 31.2 Å². The van der Waals surface area contributed by atoms with E-state index in [0.717, 1.165) is 10.0 Å². The molecule has 2 aromatic carbocycles. The first-order chi connectivity index (χ1) is 9.47. The van der Waals surface area contributed by atoms with Crippen LogP contribution in [0.2, 0.25) is 0 Å². The minimum absolute atomic E-state index is 0.289. The Labute approximate surface area is 133 Å². The van der Waals surface area contributed by atoms with Crippen LogP contribution >= 0.6 is 31.9 Å². The van der Waals surface area contributed by atoms with Gasteiger partial charge in [-0.15, -0.1) is 0 Å². The highest BCUT2D eigenvalue weighted by Gasteiger charge is 2.11. The molecule has 2 nitrogen and oxygen atoms in total.